The monoisotopic (exact) mass is 903 g/mol. The topological polar surface area (TPSA) is 235 Å². The van der Waals surface area contributed by atoms with Crippen LogP contribution >= 0.6 is 27.3 Å². The van der Waals surface area contributed by atoms with E-state index in [0.29, 0.717) is 21.6 Å². The fourth-order valence-electron chi connectivity index (χ4n) is 6.27. The quantitative estimate of drug-likeness (QED) is 0.106. The molecule has 16 nitrogen and oxygen atoms in total. The van der Waals surface area contributed by atoms with E-state index in [0.717, 1.165) is 18.3 Å². The highest BCUT2D eigenvalue weighted by Crippen LogP contribution is 2.18. The van der Waals surface area contributed by atoms with E-state index in [1.54, 1.807) is 72.1 Å². The zero-order chi connectivity index (χ0) is 43.3. The zero-order valence-electron chi connectivity index (χ0n) is 32.3. The number of benzene rings is 3. The number of carbonyl (C=O) groups excluding carboxylic acids is 7. The van der Waals surface area contributed by atoms with Crippen molar-refractivity contribution in [3.63, 3.8) is 0 Å². The Balaban J connectivity index is 1.60. The minimum atomic E-state index is -2.09. The van der Waals surface area contributed by atoms with Crippen molar-refractivity contribution in [1.82, 2.24) is 21.3 Å². The predicted octanol–water partition coefficient (Wildman–Crippen LogP) is 2.62. The molecule has 0 radical (unpaired) electrons. The summed E-state index contributed by atoms with van der Waals surface area (Å²) in [7, 11) is 0. The van der Waals surface area contributed by atoms with Crippen molar-refractivity contribution in [2.24, 2.45) is 0 Å². The Morgan fingerprint density at radius 3 is 1.68 bits per heavy atom. The van der Waals surface area contributed by atoms with Gasteiger partial charge < -0.3 is 41.2 Å². The van der Waals surface area contributed by atoms with Crippen LogP contribution in [0.25, 0.3) is 0 Å². The van der Waals surface area contributed by atoms with Crippen molar-refractivity contribution in [1.29, 1.82) is 0 Å². The van der Waals surface area contributed by atoms with Crippen LogP contribution in [-0.4, -0.2) is 88.9 Å². The second-order valence-electron chi connectivity index (χ2n) is 13.8. The largest absolute Gasteiger partial charge is 0.480 e. The number of rotatable bonds is 9. The number of hydrogen-bond acceptors (Lipinski definition) is 11. The Labute approximate surface area is 356 Å². The molecule has 314 valence electrons. The standard InChI is InChI=1S/C42H42BrN5O11S/c1-23(49)58-35-36(59-24(2)50)41(55)47-33(22-30-9-6-18-60-30)39(53)46-32(20-26-10-14-28(43)15-11-26)37(51)45-31(19-25-7-4-3-5-8-25)38(52)48-34(42(56)57)21-27-12-16-29(17-13-27)44-40(35)54/h3-18,31-36H,19-22H2,1-2H3,(H,44,54)(H,45,51)(H,46,53)(H,47,55)(H,48,52)(H,56,57)/t31-,32+,33-,34-,35-,36-/m1/s1. The summed E-state index contributed by atoms with van der Waals surface area (Å²) in [4.78, 5) is 108. The first-order valence-electron chi connectivity index (χ1n) is 18.6. The molecule has 6 atom stereocenters. The Kier molecular flexibility index (Phi) is 15.7. The number of fused-ring (bicyclic) bond motifs is 18. The molecule has 2 bridgehead atoms. The van der Waals surface area contributed by atoms with E-state index in [2.05, 4.69) is 42.5 Å². The van der Waals surface area contributed by atoms with Gasteiger partial charge in [0.1, 0.15) is 24.2 Å². The summed E-state index contributed by atoms with van der Waals surface area (Å²) >= 11 is 4.65. The normalized spacial score (nSPS) is 21.8. The molecule has 60 heavy (non-hydrogen) atoms. The first-order valence-corrected chi connectivity index (χ1v) is 20.3. The van der Waals surface area contributed by atoms with Crippen molar-refractivity contribution in [2.75, 3.05) is 5.32 Å². The van der Waals surface area contributed by atoms with Crippen LogP contribution < -0.4 is 26.6 Å². The molecule has 1 aromatic heterocycles. The van der Waals surface area contributed by atoms with Gasteiger partial charge >= 0.3 is 17.9 Å². The van der Waals surface area contributed by atoms with Gasteiger partial charge in [-0.3, -0.25) is 33.6 Å². The van der Waals surface area contributed by atoms with Gasteiger partial charge in [-0.15, -0.1) is 11.3 Å². The maximum atomic E-state index is 14.4. The van der Waals surface area contributed by atoms with Crippen LogP contribution in [0.5, 0.6) is 0 Å². The molecule has 2 aliphatic rings. The molecule has 6 N–H and O–H groups in total. The maximum absolute atomic E-state index is 14.4. The van der Waals surface area contributed by atoms with Gasteiger partial charge in [0.15, 0.2) is 0 Å². The zero-order valence-corrected chi connectivity index (χ0v) is 34.7. The highest BCUT2D eigenvalue weighted by molar-refractivity contribution is 9.10. The number of esters is 2. The lowest BCUT2D eigenvalue weighted by atomic mass is 10.0. The van der Waals surface area contributed by atoms with Gasteiger partial charge in [-0.2, -0.15) is 0 Å². The van der Waals surface area contributed by atoms with Crippen LogP contribution in [0.4, 0.5) is 5.69 Å². The second kappa shape index (κ2) is 21.0. The van der Waals surface area contributed by atoms with E-state index in [-0.39, 0.29) is 31.4 Å². The van der Waals surface area contributed by atoms with Crippen LogP contribution in [0.1, 0.15) is 35.4 Å². The summed E-state index contributed by atoms with van der Waals surface area (Å²) < 4.78 is 11.3. The lowest BCUT2D eigenvalue weighted by molar-refractivity contribution is -0.173. The van der Waals surface area contributed by atoms with Crippen molar-refractivity contribution >= 4 is 80.4 Å². The molecular formula is C42H42BrN5O11S. The van der Waals surface area contributed by atoms with Crippen molar-refractivity contribution in [3.05, 3.63) is 122 Å². The predicted molar refractivity (Wildman–Crippen MR) is 221 cm³/mol. The lowest BCUT2D eigenvalue weighted by Crippen LogP contribution is -2.60. The minimum absolute atomic E-state index is 0.0454. The van der Waals surface area contributed by atoms with E-state index in [1.165, 1.54) is 35.6 Å². The van der Waals surface area contributed by atoms with Crippen LogP contribution in [-0.2, 0) is 73.5 Å². The number of halogens is 1. The van der Waals surface area contributed by atoms with Crippen molar-refractivity contribution < 1.29 is 52.9 Å². The number of anilines is 1. The molecule has 3 heterocycles. The van der Waals surface area contributed by atoms with E-state index in [1.807, 2.05) is 0 Å². The van der Waals surface area contributed by atoms with Crippen molar-refractivity contribution in [2.45, 2.75) is 75.9 Å². The minimum Gasteiger partial charge on any atom is -0.480 e. The van der Waals surface area contributed by atoms with Crippen LogP contribution in [0.2, 0.25) is 0 Å². The van der Waals surface area contributed by atoms with Gasteiger partial charge in [0, 0.05) is 54.6 Å². The van der Waals surface area contributed by atoms with Crippen LogP contribution in [0, 0.1) is 0 Å². The summed E-state index contributed by atoms with van der Waals surface area (Å²) in [5.74, 6) is -8.10. The fourth-order valence-corrected chi connectivity index (χ4v) is 7.29. The molecule has 2 aliphatic heterocycles. The molecule has 4 aromatic rings. The third-order valence-corrected chi connectivity index (χ3v) is 10.6. The first-order chi connectivity index (χ1) is 28.6. The molecule has 18 heteroatoms. The first kappa shape index (κ1) is 44.7. The summed E-state index contributed by atoms with van der Waals surface area (Å²) in [6.45, 7) is 1.96. The second-order valence-corrected chi connectivity index (χ2v) is 15.8. The number of carbonyl (C=O) groups is 8. The van der Waals surface area contributed by atoms with Crippen molar-refractivity contribution in [3.8, 4) is 0 Å². The molecule has 0 saturated carbocycles. The number of carboxylic acids is 1. The molecule has 3 aromatic carbocycles. The van der Waals surface area contributed by atoms with Gasteiger partial charge in [0.25, 0.3) is 11.8 Å². The number of thiophene rings is 1. The number of carboxylic acid groups (broad SMARTS) is 1. The summed E-state index contributed by atoms with van der Waals surface area (Å²) in [6, 6.07) is 19.2. The van der Waals surface area contributed by atoms with Gasteiger partial charge in [-0.1, -0.05) is 76.6 Å². The van der Waals surface area contributed by atoms with E-state index < -0.39 is 83.8 Å². The highest BCUT2D eigenvalue weighted by Gasteiger charge is 2.41. The van der Waals surface area contributed by atoms with Gasteiger partial charge in [0.2, 0.25) is 29.9 Å². The third-order valence-electron chi connectivity index (χ3n) is 9.17. The van der Waals surface area contributed by atoms with E-state index >= 15 is 0 Å². The fraction of sp³-hybridized carbons (Fsp3) is 0.286. The number of amides is 5. The number of nitrogens with one attached hydrogen (secondary N) is 5. The van der Waals surface area contributed by atoms with Gasteiger partial charge in [0.05, 0.1) is 0 Å². The number of hydrogen-bond donors (Lipinski definition) is 6. The smallest absolute Gasteiger partial charge is 0.326 e. The molecule has 0 unspecified atom stereocenters. The van der Waals surface area contributed by atoms with Gasteiger partial charge in [-0.05, 0) is 52.4 Å². The number of aliphatic carboxylic acids is 1. The Morgan fingerprint density at radius 1 is 0.633 bits per heavy atom. The maximum Gasteiger partial charge on any atom is 0.326 e. The summed E-state index contributed by atoms with van der Waals surface area (Å²) in [6.07, 6.45) is -4.61. The number of ether oxygens (including phenoxy) is 2. The SMILES string of the molecule is CC(=O)O[C@H]1C(=O)Nc2ccc(cc2)C[C@H](C(=O)O)NC(=O)[C@@H](Cc2ccccc2)NC(=O)[C@H](Cc2ccc(Br)cc2)NC(=O)[C@@H](Cc2cccs2)NC(=O)[C@@H]1OC(C)=O. The molecule has 5 amide bonds. The molecule has 6 rings (SSSR count). The molecule has 0 spiro atoms. The Bertz CT molecular complexity index is 2190. The average Bonchev–Trinajstić information content (AvgIpc) is 3.72. The molecule has 0 fully saturated rings. The van der Waals surface area contributed by atoms with Crippen LogP contribution in [0.15, 0.2) is 101 Å². The Hall–Kier alpha value is -6.40. The highest BCUT2D eigenvalue weighted by atomic mass is 79.9. The molecule has 0 saturated heterocycles. The average molecular weight is 905 g/mol. The summed E-state index contributed by atoms with van der Waals surface area (Å²) in [5.41, 5.74) is 1.81. The van der Waals surface area contributed by atoms with Gasteiger partial charge in [-0.25, -0.2) is 4.79 Å². The third kappa shape index (κ3) is 13.1. The van der Waals surface area contributed by atoms with E-state index in [9.17, 15) is 43.5 Å². The summed E-state index contributed by atoms with van der Waals surface area (Å²) in [5, 5.41) is 24.9. The van der Waals surface area contributed by atoms with E-state index in [4.69, 9.17) is 9.47 Å². The molecule has 0 aliphatic carbocycles. The molecular weight excluding hydrogens is 862 g/mol. The lowest BCUT2D eigenvalue weighted by Gasteiger charge is -2.28. The Morgan fingerprint density at radius 2 is 1.15 bits per heavy atom. The van der Waals surface area contributed by atoms with Crippen LogP contribution in [0.3, 0.4) is 0 Å².